The van der Waals surface area contributed by atoms with Crippen molar-refractivity contribution in [2.75, 3.05) is 13.7 Å². The van der Waals surface area contributed by atoms with E-state index in [4.69, 9.17) is 14.4 Å². The largest absolute Gasteiger partial charge is 0.493 e. The van der Waals surface area contributed by atoms with E-state index in [1.165, 1.54) is 12.1 Å². The summed E-state index contributed by atoms with van der Waals surface area (Å²) in [6, 6.07) is 9.96. The van der Waals surface area contributed by atoms with Gasteiger partial charge in [-0.2, -0.15) is 13.2 Å². The highest BCUT2D eigenvalue weighted by atomic mass is 19.4. The number of alkyl halides is 3. The maximum Gasteiger partial charge on any atom is 0.437 e. The van der Waals surface area contributed by atoms with Gasteiger partial charge >= 0.3 is 12.1 Å². The van der Waals surface area contributed by atoms with Crippen LogP contribution < -0.4 is 4.74 Å². The molecule has 0 aliphatic carbocycles. The zero-order chi connectivity index (χ0) is 26.3. The molecule has 10 heteroatoms. The number of aryl methyl sites for hydroxylation is 1. The minimum Gasteiger partial charge on any atom is -0.493 e. The van der Waals surface area contributed by atoms with Crippen LogP contribution in [0.4, 0.5) is 13.2 Å². The van der Waals surface area contributed by atoms with Gasteiger partial charge in [-0.15, -0.1) is 0 Å². The number of rotatable bonds is 12. The third-order valence-electron chi connectivity index (χ3n) is 5.70. The number of carbonyl (C=O) groups excluding carboxylic acids is 1. The summed E-state index contributed by atoms with van der Waals surface area (Å²) < 4.78 is 50.3. The zero-order valence-electron chi connectivity index (χ0n) is 20.2. The summed E-state index contributed by atoms with van der Waals surface area (Å²) in [4.78, 5) is 25.0. The molecule has 1 N–H and O–H groups in total. The van der Waals surface area contributed by atoms with Crippen LogP contribution in [0.5, 0.6) is 5.75 Å². The number of unbranched alkanes of at least 4 members (excludes halogenated alkanes) is 1. The van der Waals surface area contributed by atoms with E-state index in [0.29, 0.717) is 62.1 Å². The highest BCUT2D eigenvalue weighted by Crippen LogP contribution is 2.38. The summed E-state index contributed by atoms with van der Waals surface area (Å²) in [7, 11) is 1.70. The first-order valence-electron chi connectivity index (χ1n) is 11.7. The molecule has 0 spiro atoms. The van der Waals surface area contributed by atoms with Crippen LogP contribution in [0.3, 0.4) is 0 Å². The van der Waals surface area contributed by atoms with Crippen molar-refractivity contribution < 1.29 is 37.1 Å². The number of hydrogen-bond acceptors (Lipinski definition) is 5. The fraction of sp³-hybridized carbons (Fsp3) is 0.423. The first-order chi connectivity index (χ1) is 17.1. The van der Waals surface area contributed by atoms with E-state index in [1.807, 2.05) is 13.0 Å². The highest BCUT2D eigenvalue weighted by Gasteiger charge is 2.37. The molecule has 0 saturated heterocycles. The molecule has 0 aliphatic rings. The van der Waals surface area contributed by atoms with Gasteiger partial charge < -0.3 is 19.3 Å². The van der Waals surface area contributed by atoms with Gasteiger partial charge in [0.2, 0.25) is 5.91 Å². The molecule has 1 aromatic heterocycles. The lowest BCUT2D eigenvalue weighted by Crippen LogP contribution is -2.26. The lowest BCUT2D eigenvalue weighted by Gasteiger charge is -2.18. The number of benzene rings is 2. The molecule has 7 nitrogen and oxygen atoms in total. The SMILES string of the molecule is CCCc1c(OCCCCC(=O)N(C)Cc2cccc(CC(=O)O)c2)ccc2c(C(F)(F)F)noc12. The molecular weight excluding hydrogens is 477 g/mol. The number of aromatic nitrogens is 1. The fourth-order valence-electron chi connectivity index (χ4n) is 3.99. The fourth-order valence-corrected chi connectivity index (χ4v) is 3.99. The smallest absolute Gasteiger partial charge is 0.437 e. The van der Waals surface area contributed by atoms with Crippen molar-refractivity contribution in [1.82, 2.24) is 10.1 Å². The Bertz CT molecular complexity index is 1210. The van der Waals surface area contributed by atoms with E-state index in [1.54, 1.807) is 30.1 Å². The molecule has 0 radical (unpaired) electrons. The Hall–Kier alpha value is -3.56. The van der Waals surface area contributed by atoms with Crippen molar-refractivity contribution in [2.24, 2.45) is 0 Å². The van der Waals surface area contributed by atoms with Crippen LogP contribution in [0.2, 0.25) is 0 Å². The maximum absolute atomic E-state index is 13.2. The molecule has 194 valence electrons. The van der Waals surface area contributed by atoms with Crippen LogP contribution >= 0.6 is 0 Å². The second-order valence-electron chi connectivity index (χ2n) is 8.64. The first kappa shape index (κ1) is 27.0. The second kappa shape index (κ2) is 11.9. The second-order valence-corrected chi connectivity index (χ2v) is 8.64. The minimum absolute atomic E-state index is 0.0481. The number of aliphatic carboxylic acids is 1. The van der Waals surface area contributed by atoms with Crippen molar-refractivity contribution >= 4 is 22.8 Å². The Morgan fingerprint density at radius 3 is 2.58 bits per heavy atom. The molecule has 3 aromatic rings. The average Bonchev–Trinajstić information content (AvgIpc) is 3.25. The van der Waals surface area contributed by atoms with E-state index in [9.17, 15) is 22.8 Å². The number of amides is 1. The Balaban J connectivity index is 1.51. The lowest BCUT2D eigenvalue weighted by atomic mass is 10.0. The summed E-state index contributed by atoms with van der Waals surface area (Å²) in [5.74, 6) is -0.501. The van der Waals surface area contributed by atoms with Crippen molar-refractivity contribution in [2.45, 2.75) is 58.2 Å². The Morgan fingerprint density at radius 2 is 1.89 bits per heavy atom. The van der Waals surface area contributed by atoms with Crippen molar-refractivity contribution in [3.05, 3.63) is 58.8 Å². The number of fused-ring (bicyclic) bond motifs is 1. The standard InChI is InChI=1S/C26H29F3N2O5/c1-3-7-19-21(12-11-20-24(19)36-30-25(20)26(27,28)29)35-13-5-4-10-22(32)31(2)16-18-9-6-8-17(14-18)15-23(33)34/h6,8-9,11-12,14H,3-5,7,10,13,15-16H2,1-2H3,(H,33,34). The van der Waals surface area contributed by atoms with Gasteiger partial charge in [0.05, 0.1) is 18.4 Å². The molecule has 3 rings (SSSR count). The number of hydrogen-bond donors (Lipinski definition) is 1. The number of carbonyl (C=O) groups is 2. The van der Waals surface area contributed by atoms with Gasteiger partial charge in [0.1, 0.15) is 5.75 Å². The molecule has 2 aromatic carbocycles. The average molecular weight is 507 g/mol. The van der Waals surface area contributed by atoms with Gasteiger partial charge in [0.25, 0.3) is 0 Å². The monoisotopic (exact) mass is 506 g/mol. The number of carboxylic acids is 1. The Kier molecular flexibility index (Phi) is 8.95. The molecule has 1 amide bonds. The molecular formula is C26H29F3N2O5. The number of nitrogens with zero attached hydrogens (tertiary/aromatic N) is 2. The van der Waals surface area contributed by atoms with Crippen molar-refractivity contribution in [3.63, 3.8) is 0 Å². The molecule has 0 bridgehead atoms. The number of carboxylic acid groups (broad SMARTS) is 1. The molecule has 0 unspecified atom stereocenters. The molecule has 0 atom stereocenters. The minimum atomic E-state index is -4.60. The third kappa shape index (κ3) is 6.99. The highest BCUT2D eigenvalue weighted by molar-refractivity contribution is 5.85. The normalized spacial score (nSPS) is 11.6. The van der Waals surface area contributed by atoms with Gasteiger partial charge in [-0.1, -0.05) is 42.8 Å². The van der Waals surface area contributed by atoms with Gasteiger partial charge in [0, 0.05) is 25.6 Å². The summed E-state index contributed by atoms with van der Waals surface area (Å²) in [5, 5.41) is 12.1. The number of ether oxygens (including phenoxy) is 1. The molecule has 0 aliphatic heterocycles. The third-order valence-corrected chi connectivity index (χ3v) is 5.70. The molecule has 0 saturated carbocycles. The van der Waals surface area contributed by atoms with E-state index in [0.717, 1.165) is 5.56 Å². The lowest BCUT2D eigenvalue weighted by molar-refractivity contribution is -0.141. The summed E-state index contributed by atoms with van der Waals surface area (Å²) >= 11 is 0. The molecule has 1 heterocycles. The van der Waals surface area contributed by atoms with Crippen LogP contribution in [0.25, 0.3) is 11.0 Å². The first-order valence-corrected chi connectivity index (χ1v) is 11.7. The van der Waals surface area contributed by atoms with Crippen LogP contribution in [0.15, 0.2) is 40.9 Å². The van der Waals surface area contributed by atoms with Gasteiger partial charge in [-0.25, -0.2) is 0 Å². The summed E-state index contributed by atoms with van der Waals surface area (Å²) in [5.41, 5.74) is 1.13. The van der Waals surface area contributed by atoms with E-state index >= 15 is 0 Å². The van der Waals surface area contributed by atoms with Crippen LogP contribution in [0, 0.1) is 0 Å². The predicted molar refractivity (Wildman–Crippen MR) is 127 cm³/mol. The predicted octanol–water partition coefficient (Wildman–Crippen LogP) is 5.63. The van der Waals surface area contributed by atoms with Crippen LogP contribution in [0.1, 0.15) is 55.0 Å². The van der Waals surface area contributed by atoms with E-state index in [-0.39, 0.29) is 23.3 Å². The van der Waals surface area contributed by atoms with E-state index < -0.39 is 17.8 Å². The number of halogens is 3. The quantitative estimate of drug-likeness (QED) is 0.320. The maximum atomic E-state index is 13.2. The zero-order valence-corrected chi connectivity index (χ0v) is 20.2. The van der Waals surface area contributed by atoms with Crippen LogP contribution in [-0.2, 0) is 35.2 Å². The van der Waals surface area contributed by atoms with E-state index in [2.05, 4.69) is 5.16 Å². The van der Waals surface area contributed by atoms with Crippen molar-refractivity contribution in [1.29, 1.82) is 0 Å². The van der Waals surface area contributed by atoms with Gasteiger partial charge in [0.15, 0.2) is 11.3 Å². The van der Waals surface area contributed by atoms with Crippen LogP contribution in [-0.4, -0.2) is 40.7 Å². The molecule has 36 heavy (non-hydrogen) atoms. The van der Waals surface area contributed by atoms with Crippen molar-refractivity contribution in [3.8, 4) is 5.75 Å². The summed E-state index contributed by atoms with van der Waals surface area (Å²) in [6.45, 7) is 2.59. The van der Waals surface area contributed by atoms with Gasteiger partial charge in [-0.3, -0.25) is 9.59 Å². The topological polar surface area (TPSA) is 92.9 Å². The van der Waals surface area contributed by atoms with Gasteiger partial charge in [-0.05, 0) is 42.5 Å². The Morgan fingerprint density at radius 1 is 1.14 bits per heavy atom. The summed E-state index contributed by atoms with van der Waals surface area (Å²) in [6.07, 6.45) is -2.02. The Labute approximate surface area is 206 Å². The molecule has 0 fully saturated rings.